The Hall–Kier alpha value is -2.94. The van der Waals surface area contributed by atoms with Gasteiger partial charge in [-0.25, -0.2) is 14.8 Å². The molecule has 0 saturated heterocycles. The highest BCUT2D eigenvalue weighted by atomic mass is 16.4. The van der Waals surface area contributed by atoms with Crippen molar-refractivity contribution < 1.29 is 4.42 Å². The quantitative estimate of drug-likeness (QED) is 0.764. The molecule has 2 heterocycles. The number of benzene rings is 1. The molecular weight excluding hydrogens is 256 g/mol. The summed E-state index contributed by atoms with van der Waals surface area (Å²) in [5.74, 6) is -0.000643. The Balaban J connectivity index is 2.14. The third-order valence-corrected chi connectivity index (χ3v) is 2.85. The molecular formula is C14H10N4O2. The number of aromatic nitrogens is 3. The third-order valence-electron chi connectivity index (χ3n) is 2.85. The van der Waals surface area contributed by atoms with Crippen molar-refractivity contribution in [3.05, 3.63) is 46.3 Å². The molecule has 0 saturated carbocycles. The van der Waals surface area contributed by atoms with Gasteiger partial charge in [0.25, 0.3) is 0 Å². The second-order valence-corrected chi connectivity index (χ2v) is 4.37. The highest BCUT2D eigenvalue weighted by molar-refractivity contribution is 5.78. The minimum absolute atomic E-state index is 0.163. The standard InChI is InChI=1S/C14H10N4O2/c1-8-6-11(17-13(16-8)4-5-15)9-2-3-10-12(7-9)20-14(19)18-10/h2-3,6-7H,4H2,1H3,(H,18,19). The Morgan fingerprint density at radius 3 is 3.00 bits per heavy atom. The molecule has 0 aliphatic rings. The number of nitrogens with one attached hydrogen (secondary N) is 1. The molecule has 0 radical (unpaired) electrons. The molecule has 1 aromatic carbocycles. The lowest BCUT2D eigenvalue weighted by atomic mass is 10.1. The molecule has 3 rings (SSSR count). The summed E-state index contributed by atoms with van der Waals surface area (Å²) in [5, 5.41) is 8.73. The number of hydrogen-bond donors (Lipinski definition) is 1. The van der Waals surface area contributed by atoms with Gasteiger partial charge in [0.2, 0.25) is 0 Å². The maximum absolute atomic E-state index is 11.1. The van der Waals surface area contributed by atoms with Crippen molar-refractivity contribution in [2.45, 2.75) is 13.3 Å². The molecule has 0 amide bonds. The Morgan fingerprint density at radius 2 is 2.20 bits per heavy atom. The van der Waals surface area contributed by atoms with Gasteiger partial charge in [0.1, 0.15) is 5.82 Å². The topological polar surface area (TPSA) is 95.6 Å². The zero-order chi connectivity index (χ0) is 14.1. The van der Waals surface area contributed by atoms with E-state index in [0.29, 0.717) is 22.6 Å². The molecule has 6 nitrogen and oxygen atoms in total. The molecule has 0 aliphatic carbocycles. The highest BCUT2D eigenvalue weighted by Gasteiger charge is 2.07. The number of aryl methyl sites for hydroxylation is 1. The van der Waals surface area contributed by atoms with Gasteiger partial charge in [-0.15, -0.1) is 0 Å². The fourth-order valence-electron chi connectivity index (χ4n) is 2.03. The second kappa shape index (κ2) is 4.63. The highest BCUT2D eigenvalue weighted by Crippen LogP contribution is 2.22. The molecule has 98 valence electrons. The van der Waals surface area contributed by atoms with E-state index in [1.54, 1.807) is 12.1 Å². The van der Waals surface area contributed by atoms with E-state index < -0.39 is 5.76 Å². The smallest absolute Gasteiger partial charge is 0.408 e. The number of rotatable bonds is 2. The molecule has 0 bridgehead atoms. The van der Waals surface area contributed by atoms with Gasteiger partial charge in [-0.3, -0.25) is 4.98 Å². The number of nitrogens with zero attached hydrogens (tertiary/aromatic N) is 3. The second-order valence-electron chi connectivity index (χ2n) is 4.37. The number of H-pyrrole nitrogens is 1. The summed E-state index contributed by atoms with van der Waals surface area (Å²) < 4.78 is 5.03. The Kier molecular flexibility index (Phi) is 2.80. The first kappa shape index (κ1) is 12.1. The normalized spacial score (nSPS) is 10.6. The Bertz CT molecular complexity index is 886. The van der Waals surface area contributed by atoms with Gasteiger partial charge >= 0.3 is 5.76 Å². The maximum Gasteiger partial charge on any atom is 0.417 e. The van der Waals surface area contributed by atoms with E-state index in [2.05, 4.69) is 15.0 Å². The summed E-state index contributed by atoms with van der Waals surface area (Å²) in [7, 11) is 0. The lowest BCUT2D eigenvalue weighted by Gasteiger charge is -2.04. The third kappa shape index (κ3) is 2.17. The number of fused-ring (bicyclic) bond motifs is 1. The van der Waals surface area contributed by atoms with Gasteiger partial charge < -0.3 is 4.42 Å². The van der Waals surface area contributed by atoms with Crippen LogP contribution in [0.2, 0.25) is 0 Å². The predicted octanol–water partition coefficient (Wildman–Crippen LogP) is 1.95. The van der Waals surface area contributed by atoms with Crippen LogP contribution < -0.4 is 5.76 Å². The van der Waals surface area contributed by atoms with Crippen LogP contribution >= 0.6 is 0 Å². The van der Waals surface area contributed by atoms with Crippen LogP contribution in [0.3, 0.4) is 0 Å². The average molecular weight is 266 g/mol. The summed E-state index contributed by atoms with van der Waals surface area (Å²) >= 11 is 0. The van der Waals surface area contributed by atoms with Gasteiger partial charge in [-0.1, -0.05) is 6.07 Å². The Morgan fingerprint density at radius 1 is 1.35 bits per heavy atom. The zero-order valence-electron chi connectivity index (χ0n) is 10.7. The van der Waals surface area contributed by atoms with E-state index in [0.717, 1.165) is 11.3 Å². The molecule has 0 aliphatic heterocycles. The van der Waals surface area contributed by atoms with Crippen LogP contribution in [0.15, 0.2) is 33.5 Å². The van der Waals surface area contributed by atoms with Crippen LogP contribution in [0.4, 0.5) is 0 Å². The van der Waals surface area contributed by atoms with Crippen molar-refractivity contribution in [1.29, 1.82) is 5.26 Å². The van der Waals surface area contributed by atoms with Crippen molar-refractivity contribution in [2.75, 3.05) is 0 Å². The number of hydrogen-bond acceptors (Lipinski definition) is 5. The molecule has 2 aromatic heterocycles. The van der Waals surface area contributed by atoms with E-state index >= 15 is 0 Å². The number of nitriles is 1. The van der Waals surface area contributed by atoms with Gasteiger partial charge in [0, 0.05) is 11.3 Å². The number of oxazole rings is 1. The van der Waals surface area contributed by atoms with Crippen LogP contribution in [0.25, 0.3) is 22.4 Å². The van der Waals surface area contributed by atoms with Crippen LogP contribution in [0.5, 0.6) is 0 Å². The first-order valence-electron chi connectivity index (χ1n) is 6.00. The van der Waals surface area contributed by atoms with E-state index in [9.17, 15) is 4.79 Å². The molecule has 0 fully saturated rings. The molecule has 1 N–H and O–H groups in total. The maximum atomic E-state index is 11.1. The van der Waals surface area contributed by atoms with Crippen LogP contribution in [-0.2, 0) is 6.42 Å². The SMILES string of the molecule is Cc1cc(-c2ccc3[nH]c(=O)oc3c2)nc(CC#N)n1. The molecule has 6 heteroatoms. The molecule has 20 heavy (non-hydrogen) atoms. The van der Waals surface area contributed by atoms with Crippen molar-refractivity contribution in [3.63, 3.8) is 0 Å². The molecule has 3 aromatic rings. The summed E-state index contributed by atoms with van der Waals surface area (Å²) in [5.41, 5.74) is 3.42. The van der Waals surface area contributed by atoms with Gasteiger partial charge in [0.05, 0.1) is 23.7 Å². The van der Waals surface area contributed by atoms with Crippen LogP contribution in [-0.4, -0.2) is 15.0 Å². The van der Waals surface area contributed by atoms with Crippen molar-refractivity contribution in [1.82, 2.24) is 15.0 Å². The van der Waals surface area contributed by atoms with Crippen molar-refractivity contribution in [2.24, 2.45) is 0 Å². The Labute approximate surface area is 113 Å². The van der Waals surface area contributed by atoms with Crippen molar-refractivity contribution in [3.8, 4) is 17.3 Å². The number of aromatic amines is 1. The lowest BCUT2D eigenvalue weighted by molar-refractivity contribution is 0.555. The zero-order valence-corrected chi connectivity index (χ0v) is 10.7. The predicted molar refractivity (Wildman–Crippen MR) is 71.9 cm³/mol. The fraction of sp³-hybridized carbons (Fsp3) is 0.143. The largest absolute Gasteiger partial charge is 0.417 e. The minimum atomic E-state index is -0.485. The summed E-state index contributed by atoms with van der Waals surface area (Å²) in [6.45, 7) is 1.85. The first-order chi connectivity index (χ1) is 9.65. The fourth-order valence-corrected chi connectivity index (χ4v) is 2.03. The lowest BCUT2D eigenvalue weighted by Crippen LogP contribution is -1.98. The van der Waals surface area contributed by atoms with Crippen LogP contribution in [0, 0.1) is 18.3 Å². The average Bonchev–Trinajstić information content (AvgIpc) is 2.77. The van der Waals surface area contributed by atoms with Gasteiger partial charge in [-0.2, -0.15) is 5.26 Å². The molecule has 0 spiro atoms. The summed E-state index contributed by atoms with van der Waals surface area (Å²) in [4.78, 5) is 22.3. The van der Waals surface area contributed by atoms with Gasteiger partial charge in [-0.05, 0) is 25.1 Å². The minimum Gasteiger partial charge on any atom is -0.408 e. The van der Waals surface area contributed by atoms with E-state index in [4.69, 9.17) is 9.68 Å². The van der Waals surface area contributed by atoms with Crippen LogP contribution in [0.1, 0.15) is 11.5 Å². The van der Waals surface area contributed by atoms with Gasteiger partial charge in [0.15, 0.2) is 5.58 Å². The van der Waals surface area contributed by atoms with E-state index in [-0.39, 0.29) is 6.42 Å². The molecule has 0 atom stereocenters. The first-order valence-corrected chi connectivity index (χ1v) is 6.00. The molecule has 0 unspecified atom stereocenters. The monoisotopic (exact) mass is 266 g/mol. The van der Waals surface area contributed by atoms with E-state index in [1.165, 1.54) is 0 Å². The van der Waals surface area contributed by atoms with Crippen molar-refractivity contribution >= 4 is 11.1 Å². The summed E-state index contributed by atoms with van der Waals surface area (Å²) in [6, 6.07) is 9.20. The summed E-state index contributed by atoms with van der Waals surface area (Å²) in [6.07, 6.45) is 0.163. The van der Waals surface area contributed by atoms with E-state index in [1.807, 2.05) is 25.1 Å².